The smallest absolute Gasteiger partial charge is 0.0619 e. The molecule has 0 saturated carbocycles. The SMILES string of the molecule is CCC[C@@H](CCO[C@H](C)CC)OCC[C@@H](OCC)C(C)C. The van der Waals surface area contributed by atoms with E-state index in [1.54, 1.807) is 0 Å². The van der Waals surface area contributed by atoms with Crippen molar-refractivity contribution in [3.05, 3.63) is 0 Å². The van der Waals surface area contributed by atoms with Crippen LogP contribution in [0.1, 0.15) is 73.6 Å². The normalized spacial score (nSPS) is 16.1. The van der Waals surface area contributed by atoms with E-state index in [2.05, 4.69) is 41.5 Å². The fourth-order valence-corrected chi connectivity index (χ4v) is 2.33. The average Bonchev–Trinajstić information content (AvgIpc) is 2.45. The molecule has 3 nitrogen and oxygen atoms in total. The Morgan fingerprint density at radius 1 is 0.762 bits per heavy atom. The standard InChI is InChI=1S/C18H38O3/c1-7-10-17(11-13-20-16(6)8-2)21-14-12-18(15(4)5)19-9-3/h15-18H,7-14H2,1-6H3/t16-,17+,18-/m1/s1. The molecule has 0 aliphatic rings. The summed E-state index contributed by atoms with van der Waals surface area (Å²) in [6.07, 6.45) is 6.33. The lowest BCUT2D eigenvalue weighted by atomic mass is 10.0. The molecule has 3 atom stereocenters. The van der Waals surface area contributed by atoms with Gasteiger partial charge in [-0.05, 0) is 45.4 Å². The molecule has 0 radical (unpaired) electrons. The molecule has 0 spiro atoms. The molecule has 0 fully saturated rings. The predicted molar refractivity (Wildman–Crippen MR) is 89.8 cm³/mol. The second-order valence-corrected chi connectivity index (χ2v) is 6.19. The molecular formula is C18H38O3. The number of rotatable bonds is 14. The van der Waals surface area contributed by atoms with Gasteiger partial charge in [-0.2, -0.15) is 0 Å². The van der Waals surface area contributed by atoms with E-state index in [1.807, 2.05) is 0 Å². The summed E-state index contributed by atoms with van der Waals surface area (Å²) in [5.41, 5.74) is 0. The third-order valence-electron chi connectivity index (χ3n) is 3.91. The minimum atomic E-state index is 0.314. The number of hydrogen-bond acceptors (Lipinski definition) is 3. The van der Waals surface area contributed by atoms with Crippen molar-refractivity contribution in [1.82, 2.24) is 0 Å². The lowest BCUT2D eigenvalue weighted by Crippen LogP contribution is -2.24. The van der Waals surface area contributed by atoms with Crippen LogP contribution in [-0.4, -0.2) is 38.1 Å². The Kier molecular flexibility index (Phi) is 13.5. The van der Waals surface area contributed by atoms with Crippen molar-refractivity contribution in [3.8, 4) is 0 Å². The molecule has 0 aromatic heterocycles. The quantitative estimate of drug-likeness (QED) is 0.460. The van der Waals surface area contributed by atoms with Crippen LogP contribution in [0, 0.1) is 5.92 Å². The van der Waals surface area contributed by atoms with Gasteiger partial charge >= 0.3 is 0 Å². The summed E-state index contributed by atoms with van der Waals surface area (Å²) in [4.78, 5) is 0. The molecule has 0 heterocycles. The van der Waals surface area contributed by atoms with Gasteiger partial charge in [-0.1, -0.05) is 34.1 Å². The molecule has 0 aromatic rings. The summed E-state index contributed by atoms with van der Waals surface area (Å²) in [6.45, 7) is 15.4. The molecule has 0 rings (SSSR count). The summed E-state index contributed by atoms with van der Waals surface area (Å²) in [5.74, 6) is 0.548. The molecule has 0 N–H and O–H groups in total. The molecule has 128 valence electrons. The fraction of sp³-hybridized carbons (Fsp3) is 1.00. The highest BCUT2D eigenvalue weighted by Gasteiger charge is 2.15. The molecule has 0 unspecified atom stereocenters. The van der Waals surface area contributed by atoms with Gasteiger partial charge in [0.05, 0.1) is 18.3 Å². The van der Waals surface area contributed by atoms with Gasteiger partial charge in [-0.15, -0.1) is 0 Å². The molecule has 0 amide bonds. The first kappa shape index (κ1) is 20.9. The maximum absolute atomic E-state index is 6.06. The van der Waals surface area contributed by atoms with Crippen LogP contribution in [0.15, 0.2) is 0 Å². The van der Waals surface area contributed by atoms with E-state index in [-0.39, 0.29) is 0 Å². The zero-order chi connectivity index (χ0) is 16.1. The van der Waals surface area contributed by atoms with Crippen molar-refractivity contribution < 1.29 is 14.2 Å². The molecular weight excluding hydrogens is 264 g/mol. The van der Waals surface area contributed by atoms with Crippen LogP contribution >= 0.6 is 0 Å². The molecule has 0 saturated heterocycles. The van der Waals surface area contributed by atoms with Crippen LogP contribution in [0.5, 0.6) is 0 Å². The second kappa shape index (κ2) is 13.5. The van der Waals surface area contributed by atoms with Gasteiger partial charge in [-0.3, -0.25) is 0 Å². The van der Waals surface area contributed by atoms with Gasteiger partial charge in [0.1, 0.15) is 0 Å². The number of ether oxygens (including phenoxy) is 3. The van der Waals surface area contributed by atoms with E-state index >= 15 is 0 Å². The van der Waals surface area contributed by atoms with Crippen LogP contribution in [-0.2, 0) is 14.2 Å². The Morgan fingerprint density at radius 3 is 1.95 bits per heavy atom. The Labute approximate surface area is 132 Å². The second-order valence-electron chi connectivity index (χ2n) is 6.19. The first-order valence-electron chi connectivity index (χ1n) is 8.89. The highest BCUT2D eigenvalue weighted by Crippen LogP contribution is 2.14. The minimum Gasteiger partial charge on any atom is -0.378 e. The van der Waals surface area contributed by atoms with Gasteiger partial charge in [0.25, 0.3) is 0 Å². The summed E-state index contributed by atoms with van der Waals surface area (Å²) in [6, 6.07) is 0. The van der Waals surface area contributed by atoms with Gasteiger partial charge in [0.2, 0.25) is 0 Å². The van der Waals surface area contributed by atoms with E-state index in [9.17, 15) is 0 Å². The van der Waals surface area contributed by atoms with E-state index in [4.69, 9.17) is 14.2 Å². The van der Waals surface area contributed by atoms with Crippen molar-refractivity contribution in [2.45, 2.75) is 92.0 Å². The molecule has 0 aromatic carbocycles. The molecule has 0 aliphatic carbocycles. The van der Waals surface area contributed by atoms with Crippen molar-refractivity contribution in [3.63, 3.8) is 0 Å². The number of hydrogen-bond donors (Lipinski definition) is 0. The topological polar surface area (TPSA) is 27.7 Å². The van der Waals surface area contributed by atoms with Crippen LogP contribution in [0.25, 0.3) is 0 Å². The zero-order valence-electron chi connectivity index (χ0n) is 15.2. The van der Waals surface area contributed by atoms with Gasteiger partial charge < -0.3 is 14.2 Å². The Hall–Kier alpha value is -0.120. The average molecular weight is 302 g/mol. The van der Waals surface area contributed by atoms with Crippen molar-refractivity contribution in [2.75, 3.05) is 19.8 Å². The first-order chi connectivity index (χ1) is 10.0. The largest absolute Gasteiger partial charge is 0.378 e. The Morgan fingerprint density at radius 2 is 1.43 bits per heavy atom. The lowest BCUT2D eigenvalue weighted by molar-refractivity contribution is -0.0312. The van der Waals surface area contributed by atoms with Crippen molar-refractivity contribution >= 4 is 0 Å². The third-order valence-corrected chi connectivity index (χ3v) is 3.91. The van der Waals surface area contributed by atoms with E-state index in [1.165, 1.54) is 0 Å². The van der Waals surface area contributed by atoms with E-state index in [0.29, 0.717) is 24.2 Å². The Balaban J connectivity index is 3.96. The Bertz CT molecular complexity index is 219. The summed E-state index contributed by atoms with van der Waals surface area (Å²) in [5, 5.41) is 0. The maximum atomic E-state index is 6.06. The van der Waals surface area contributed by atoms with Gasteiger partial charge in [-0.25, -0.2) is 0 Å². The highest BCUT2D eigenvalue weighted by atomic mass is 16.5. The fourth-order valence-electron chi connectivity index (χ4n) is 2.33. The monoisotopic (exact) mass is 302 g/mol. The van der Waals surface area contributed by atoms with Crippen LogP contribution in [0.2, 0.25) is 0 Å². The lowest BCUT2D eigenvalue weighted by Gasteiger charge is -2.23. The van der Waals surface area contributed by atoms with Crippen LogP contribution in [0.3, 0.4) is 0 Å². The zero-order valence-corrected chi connectivity index (χ0v) is 15.2. The summed E-state index contributed by atoms with van der Waals surface area (Å²) >= 11 is 0. The molecule has 0 aliphatic heterocycles. The van der Waals surface area contributed by atoms with E-state index in [0.717, 1.165) is 51.9 Å². The third kappa shape index (κ3) is 11.1. The highest BCUT2D eigenvalue weighted by molar-refractivity contribution is 4.64. The minimum absolute atomic E-state index is 0.314. The first-order valence-corrected chi connectivity index (χ1v) is 8.89. The maximum Gasteiger partial charge on any atom is 0.0619 e. The summed E-state index contributed by atoms with van der Waals surface area (Å²) < 4.78 is 17.6. The molecule has 21 heavy (non-hydrogen) atoms. The molecule has 0 bridgehead atoms. The van der Waals surface area contributed by atoms with Crippen molar-refractivity contribution in [2.24, 2.45) is 5.92 Å². The van der Waals surface area contributed by atoms with Crippen LogP contribution < -0.4 is 0 Å². The van der Waals surface area contributed by atoms with E-state index < -0.39 is 0 Å². The van der Waals surface area contributed by atoms with Gasteiger partial charge in [0.15, 0.2) is 0 Å². The van der Waals surface area contributed by atoms with Crippen LogP contribution in [0.4, 0.5) is 0 Å². The van der Waals surface area contributed by atoms with Crippen molar-refractivity contribution in [1.29, 1.82) is 0 Å². The molecule has 3 heteroatoms. The summed E-state index contributed by atoms with van der Waals surface area (Å²) in [7, 11) is 0. The van der Waals surface area contributed by atoms with Gasteiger partial charge in [0, 0.05) is 19.8 Å². The predicted octanol–water partition coefficient (Wildman–Crippen LogP) is 4.83.